The molecule has 130 valence electrons. The molecule has 1 unspecified atom stereocenters. The maximum absolute atomic E-state index is 11.1. The third-order valence-corrected chi connectivity index (χ3v) is 4.75. The summed E-state index contributed by atoms with van der Waals surface area (Å²) in [6.45, 7) is 8.81. The number of likely N-dealkylation sites (tertiary alicyclic amines) is 1. The topological polar surface area (TPSA) is 67.1 Å². The van der Waals surface area contributed by atoms with Gasteiger partial charge in [0.15, 0.2) is 5.82 Å². The Bertz CT molecular complexity index is 664. The van der Waals surface area contributed by atoms with E-state index in [0.29, 0.717) is 0 Å². The first-order valence-electron chi connectivity index (χ1n) is 8.66. The zero-order valence-electron chi connectivity index (χ0n) is 14.8. The lowest BCUT2D eigenvalue weighted by molar-refractivity contribution is 0.0208. The second-order valence-electron chi connectivity index (χ2n) is 7.71. The van der Waals surface area contributed by atoms with Crippen LogP contribution in [0.15, 0.2) is 30.3 Å². The maximum atomic E-state index is 11.1. The molecule has 24 heavy (non-hydrogen) atoms. The Morgan fingerprint density at radius 2 is 1.88 bits per heavy atom. The number of hydrogen-bond donors (Lipinski definition) is 1. The van der Waals surface area contributed by atoms with Crippen molar-refractivity contribution in [3.8, 4) is 0 Å². The van der Waals surface area contributed by atoms with Crippen molar-refractivity contribution >= 4 is 0 Å². The Morgan fingerprint density at radius 3 is 2.58 bits per heavy atom. The van der Waals surface area contributed by atoms with E-state index in [9.17, 15) is 5.11 Å². The van der Waals surface area contributed by atoms with Crippen molar-refractivity contribution in [2.24, 2.45) is 0 Å². The van der Waals surface area contributed by atoms with Crippen LogP contribution in [0.1, 0.15) is 51.4 Å². The summed E-state index contributed by atoms with van der Waals surface area (Å²) in [5.41, 5.74) is 0.160. The summed E-state index contributed by atoms with van der Waals surface area (Å²) in [7, 11) is 0. The van der Waals surface area contributed by atoms with Crippen LogP contribution in [0.3, 0.4) is 0 Å². The Labute approximate surface area is 143 Å². The van der Waals surface area contributed by atoms with Gasteiger partial charge in [-0.05, 0) is 62.6 Å². The van der Waals surface area contributed by atoms with E-state index in [-0.39, 0.29) is 5.54 Å². The van der Waals surface area contributed by atoms with E-state index in [4.69, 9.17) is 0 Å². The molecule has 6 nitrogen and oxygen atoms in total. The molecule has 0 aliphatic carbocycles. The lowest BCUT2D eigenvalue weighted by atomic mass is 9.87. The van der Waals surface area contributed by atoms with Gasteiger partial charge in [-0.2, -0.15) is 0 Å². The van der Waals surface area contributed by atoms with Crippen LogP contribution in [0.5, 0.6) is 0 Å². The average Bonchev–Trinajstić information content (AvgIpc) is 2.93. The van der Waals surface area contributed by atoms with Crippen LogP contribution < -0.4 is 0 Å². The van der Waals surface area contributed by atoms with E-state index in [2.05, 4.69) is 41.2 Å². The highest BCUT2D eigenvalue weighted by atomic mass is 16.3. The summed E-state index contributed by atoms with van der Waals surface area (Å²) >= 11 is 0. The molecular formula is C18H27N5O. The predicted octanol–water partition coefficient (Wildman–Crippen LogP) is 2.30. The third-order valence-electron chi connectivity index (χ3n) is 4.75. The number of benzene rings is 1. The van der Waals surface area contributed by atoms with Crippen molar-refractivity contribution in [3.05, 3.63) is 41.7 Å². The van der Waals surface area contributed by atoms with Gasteiger partial charge in [0, 0.05) is 6.54 Å². The monoisotopic (exact) mass is 329 g/mol. The molecule has 1 aromatic carbocycles. The SMILES string of the molecule is CC(C)(C)n1nnnc1CN1CCCC(O)(c2ccccc2)CC1. The lowest BCUT2D eigenvalue weighted by Crippen LogP contribution is -2.32. The van der Waals surface area contributed by atoms with E-state index in [1.165, 1.54) is 0 Å². The van der Waals surface area contributed by atoms with Crippen LogP contribution in [-0.4, -0.2) is 43.3 Å². The highest BCUT2D eigenvalue weighted by molar-refractivity contribution is 5.22. The third kappa shape index (κ3) is 3.65. The van der Waals surface area contributed by atoms with E-state index in [1.54, 1.807) is 0 Å². The van der Waals surface area contributed by atoms with Gasteiger partial charge in [-0.25, -0.2) is 4.68 Å². The van der Waals surface area contributed by atoms with Crippen molar-refractivity contribution in [1.29, 1.82) is 0 Å². The van der Waals surface area contributed by atoms with Gasteiger partial charge in [-0.3, -0.25) is 4.90 Å². The van der Waals surface area contributed by atoms with Crippen LogP contribution in [-0.2, 0) is 17.7 Å². The van der Waals surface area contributed by atoms with E-state index in [0.717, 1.165) is 50.3 Å². The van der Waals surface area contributed by atoms with E-state index >= 15 is 0 Å². The minimum Gasteiger partial charge on any atom is -0.385 e. The van der Waals surface area contributed by atoms with Gasteiger partial charge >= 0.3 is 0 Å². The van der Waals surface area contributed by atoms with Crippen molar-refractivity contribution in [3.63, 3.8) is 0 Å². The highest BCUT2D eigenvalue weighted by Gasteiger charge is 2.32. The van der Waals surface area contributed by atoms with Crippen molar-refractivity contribution < 1.29 is 5.11 Å². The largest absolute Gasteiger partial charge is 0.385 e. The fourth-order valence-electron chi connectivity index (χ4n) is 3.40. The average molecular weight is 329 g/mol. The molecule has 1 aliphatic heterocycles. The molecule has 0 amide bonds. The summed E-state index contributed by atoms with van der Waals surface area (Å²) in [6, 6.07) is 10.0. The second kappa shape index (κ2) is 6.61. The number of nitrogens with zero attached hydrogens (tertiary/aromatic N) is 5. The minimum atomic E-state index is -0.730. The molecule has 6 heteroatoms. The van der Waals surface area contributed by atoms with Gasteiger partial charge in [-0.15, -0.1) is 5.10 Å². The normalized spacial score (nSPS) is 23.2. The number of hydrogen-bond acceptors (Lipinski definition) is 5. The van der Waals surface area contributed by atoms with Crippen LogP contribution >= 0.6 is 0 Å². The van der Waals surface area contributed by atoms with E-state index in [1.807, 2.05) is 35.0 Å². The molecule has 0 bridgehead atoms. The molecule has 3 rings (SSSR count). The quantitative estimate of drug-likeness (QED) is 0.936. The van der Waals surface area contributed by atoms with Gasteiger partial charge in [0.2, 0.25) is 0 Å². The van der Waals surface area contributed by atoms with Crippen molar-refractivity contribution in [1.82, 2.24) is 25.1 Å². The lowest BCUT2D eigenvalue weighted by Gasteiger charge is -2.27. The zero-order chi connectivity index (χ0) is 17.2. The summed E-state index contributed by atoms with van der Waals surface area (Å²) < 4.78 is 1.89. The van der Waals surface area contributed by atoms with Crippen LogP contribution in [0, 0.1) is 0 Å². The van der Waals surface area contributed by atoms with Crippen LogP contribution in [0.25, 0.3) is 0 Å². The Kier molecular flexibility index (Phi) is 4.69. The minimum absolute atomic E-state index is 0.130. The number of rotatable bonds is 3. The van der Waals surface area contributed by atoms with Gasteiger partial charge in [0.1, 0.15) is 0 Å². The van der Waals surface area contributed by atoms with Crippen LogP contribution in [0.2, 0.25) is 0 Å². The fourth-order valence-corrected chi connectivity index (χ4v) is 3.40. The Hall–Kier alpha value is -1.79. The maximum Gasteiger partial charge on any atom is 0.165 e. The van der Waals surface area contributed by atoms with Gasteiger partial charge in [0.05, 0.1) is 17.7 Å². The first-order valence-corrected chi connectivity index (χ1v) is 8.66. The molecule has 1 fully saturated rings. The van der Waals surface area contributed by atoms with Crippen molar-refractivity contribution in [2.45, 2.75) is 57.7 Å². The molecule has 1 N–H and O–H groups in total. The molecule has 2 heterocycles. The number of aliphatic hydroxyl groups is 1. The van der Waals surface area contributed by atoms with Crippen LogP contribution in [0.4, 0.5) is 0 Å². The fraction of sp³-hybridized carbons (Fsp3) is 0.611. The molecule has 1 saturated heterocycles. The predicted molar refractivity (Wildman–Crippen MR) is 92.3 cm³/mol. The summed E-state index contributed by atoms with van der Waals surface area (Å²) in [5, 5.41) is 23.3. The van der Waals surface area contributed by atoms with Crippen molar-refractivity contribution in [2.75, 3.05) is 13.1 Å². The smallest absolute Gasteiger partial charge is 0.165 e. The second-order valence-corrected chi connectivity index (χ2v) is 7.71. The number of aromatic nitrogens is 4. The molecule has 2 aromatic rings. The Morgan fingerprint density at radius 1 is 1.12 bits per heavy atom. The van der Waals surface area contributed by atoms with Gasteiger partial charge in [0.25, 0.3) is 0 Å². The molecule has 1 aromatic heterocycles. The summed E-state index contributed by atoms with van der Waals surface area (Å²) in [4.78, 5) is 2.34. The molecule has 0 spiro atoms. The molecular weight excluding hydrogens is 302 g/mol. The first kappa shape index (κ1) is 17.0. The molecule has 0 radical (unpaired) electrons. The van der Waals surface area contributed by atoms with Gasteiger partial charge in [-0.1, -0.05) is 30.3 Å². The van der Waals surface area contributed by atoms with E-state index < -0.39 is 5.60 Å². The summed E-state index contributed by atoms with van der Waals surface area (Å²) in [6.07, 6.45) is 2.48. The van der Waals surface area contributed by atoms with Gasteiger partial charge < -0.3 is 5.11 Å². The first-order chi connectivity index (χ1) is 11.4. The highest BCUT2D eigenvalue weighted by Crippen LogP contribution is 2.33. The molecule has 0 saturated carbocycles. The Balaban J connectivity index is 1.70. The molecule has 1 aliphatic rings. The zero-order valence-corrected chi connectivity index (χ0v) is 14.8. The standard InChI is InChI=1S/C18H27N5O/c1-17(2,3)23-16(19-20-21-23)14-22-12-7-10-18(24,11-13-22)15-8-5-4-6-9-15/h4-6,8-9,24H,7,10-14H2,1-3H3. The number of tetrazole rings is 1. The summed E-state index contributed by atoms with van der Waals surface area (Å²) in [5.74, 6) is 0.882. The molecule has 1 atom stereocenters.